The molecule has 0 bridgehead atoms. The molecule has 4 N–H and O–H groups in total. The second-order valence-electron chi connectivity index (χ2n) is 7.61. The number of thioether (sulfide) groups is 1. The Bertz CT molecular complexity index is 1620. The van der Waals surface area contributed by atoms with E-state index in [2.05, 4.69) is 4.98 Å². The number of thiazole rings is 1. The van der Waals surface area contributed by atoms with Crippen LogP contribution in [0.15, 0.2) is 92.3 Å². The molecule has 5 aromatic rings. The lowest BCUT2D eigenvalue weighted by molar-refractivity contribution is 0.596. The predicted molar refractivity (Wildman–Crippen MR) is 145 cm³/mol. The van der Waals surface area contributed by atoms with Crippen LogP contribution in [0.2, 0.25) is 0 Å². The number of hydrogen-bond donors (Lipinski definition) is 3. The van der Waals surface area contributed by atoms with Crippen molar-refractivity contribution >= 4 is 50.1 Å². The zero-order valence-electron chi connectivity index (χ0n) is 18.5. The number of thiophene rings is 1. The molecule has 0 aliphatic heterocycles. The van der Waals surface area contributed by atoms with Crippen LogP contribution in [0.25, 0.3) is 33.1 Å². The van der Waals surface area contributed by atoms with E-state index in [1.807, 2.05) is 42.0 Å². The quantitative estimate of drug-likeness (QED) is 0.127. The van der Waals surface area contributed by atoms with Crippen molar-refractivity contribution in [3.8, 4) is 33.1 Å². The Morgan fingerprint density at radius 1 is 1.03 bits per heavy atom. The third-order valence-corrected chi connectivity index (χ3v) is 10.3. The smallest absolute Gasteiger partial charge is 0.208 e. The minimum Gasteiger partial charge on any atom is -0.383 e. The Labute approximate surface area is 215 Å². The number of aromatic nitrogens is 2. The lowest BCUT2D eigenvalue weighted by Gasteiger charge is -2.02. The third-order valence-electron chi connectivity index (χ3n) is 5.40. The van der Waals surface area contributed by atoms with Gasteiger partial charge in [-0.05, 0) is 36.1 Å². The van der Waals surface area contributed by atoms with Crippen molar-refractivity contribution in [3.05, 3.63) is 83.2 Å². The van der Waals surface area contributed by atoms with Crippen LogP contribution in [0, 0.1) is 5.41 Å². The van der Waals surface area contributed by atoms with Gasteiger partial charge in [-0.3, -0.25) is 5.41 Å². The van der Waals surface area contributed by atoms with E-state index in [0.717, 1.165) is 42.2 Å². The van der Waals surface area contributed by atoms with E-state index in [0.29, 0.717) is 0 Å². The first-order valence-electron chi connectivity index (χ1n) is 10.4. The van der Waals surface area contributed by atoms with Crippen LogP contribution < -0.4 is 5.73 Å². The lowest BCUT2D eigenvalue weighted by atomic mass is 10.1. The normalized spacial score (nSPS) is 11.6. The molecule has 176 valence electrons. The summed E-state index contributed by atoms with van der Waals surface area (Å²) in [5.41, 5.74) is 10.1. The Morgan fingerprint density at radius 3 is 2.43 bits per heavy atom. The van der Waals surface area contributed by atoms with Crippen molar-refractivity contribution in [2.45, 2.75) is 14.0 Å². The number of nitrogens with two attached hydrogens (primary N) is 1. The molecule has 3 aromatic heterocycles. The van der Waals surface area contributed by atoms with Crippen molar-refractivity contribution in [1.82, 2.24) is 9.97 Å². The summed E-state index contributed by atoms with van der Waals surface area (Å²) in [4.78, 5) is 9.15. The van der Waals surface area contributed by atoms with Gasteiger partial charge in [-0.2, -0.15) is 0 Å². The number of H-pyrrole nitrogens is 1. The van der Waals surface area contributed by atoms with Gasteiger partial charge in [0, 0.05) is 28.4 Å². The maximum Gasteiger partial charge on any atom is 0.208 e. The molecule has 3 heterocycles. The maximum absolute atomic E-state index is 12.9. The number of amidine groups is 1. The SMILES string of the molecule is CSc1sc(C(=N)N)cc1-c1nc(-c2ccc(-c3cc(S(=O)(=O)c4ccccc4)c[nH]3)cc2)cs1. The molecule has 6 nitrogen and oxygen atoms in total. The molecule has 5 rings (SSSR count). The topological polar surface area (TPSA) is 113 Å². The Kier molecular flexibility index (Phi) is 6.37. The monoisotopic (exact) mass is 536 g/mol. The summed E-state index contributed by atoms with van der Waals surface area (Å²) in [6.07, 6.45) is 3.53. The lowest BCUT2D eigenvalue weighted by Crippen LogP contribution is -2.08. The standard InChI is InChI=1S/C25H20N4O2S4/c1-32-25-19(12-22(34-25)23(26)27)24-29-21(14-33-24)16-9-7-15(8-10-16)20-11-18(13-28-20)35(30,31)17-5-3-2-4-6-17/h2-14,28H,1H3,(H3,26,27). The van der Waals surface area contributed by atoms with Gasteiger partial charge in [-0.15, -0.1) is 34.4 Å². The van der Waals surface area contributed by atoms with Crippen LogP contribution >= 0.6 is 34.4 Å². The van der Waals surface area contributed by atoms with E-state index in [1.54, 1.807) is 59.5 Å². The van der Waals surface area contributed by atoms with Crippen LogP contribution in [0.5, 0.6) is 0 Å². The molecule has 0 unspecified atom stereocenters. The summed E-state index contributed by atoms with van der Waals surface area (Å²) >= 11 is 4.68. The Morgan fingerprint density at radius 2 is 1.74 bits per heavy atom. The van der Waals surface area contributed by atoms with E-state index in [9.17, 15) is 8.42 Å². The number of nitrogen functional groups attached to an aromatic ring is 1. The predicted octanol–water partition coefficient (Wildman–Crippen LogP) is 6.37. The summed E-state index contributed by atoms with van der Waals surface area (Å²) in [5, 5.41) is 10.6. The van der Waals surface area contributed by atoms with Crippen molar-refractivity contribution in [2.75, 3.05) is 6.26 Å². The highest BCUT2D eigenvalue weighted by Gasteiger charge is 2.19. The molecule has 0 fully saturated rings. The van der Waals surface area contributed by atoms with E-state index in [4.69, 9.17) is 16.1 Å². The third kappa shape index (κ3) is 4.57. The average Bonchev–Trinajstić information content (AvgIpc) is 3.64. The molecule has 0 spiro atoms. The van der Waals surface area contributed by atoms with Crippen LogP contribution in [-0.2, 0) is 9.84 Å². The molecule has 0 saturated heterocycles. The first-order valence-corrected chi connectivity index (χ1v) is 14.8. The van der Waals surface area contributed by atoms with Gasteiger partial charge in [0.05, 0.1) is 24.6 Å². The van der Waals surface area contributed by atoms with Crippen molar-refractivity contribution in [3.63, 3.8) is 0 Å². The molecular formula is C25H20N4O2S4. The van der Waals surface area contributed by atoms with Crippen molar-refractivity contribution in [1.29, 1.82) is 5.41 Å². The van der Waals surface area contributed by atoms with Crippen LogP contribution in [-0.4, -0.2) is 30.5 Å². The summed E-state index contributed by atoms with van der Waals surface area (Å²) in [6.45, 7) is 0. The molecule has 35 heavy (non-hydrogen) atoms. The fourth-order valence-corrected chi connectivity index (χ4v) is 7.58. The molecule has 10 heteroatoms. The number of hydrogen-bond acceptors (Lipinski definition) is 7. The number of rotatable bonds is 7. The molecule has 0 atom stereocenters. The maximum atomic E-state index is 12.9. The minimum absolute atomic E-state index is 0.0629. The van der Waals surface area contributed by atoms with Crippen LogP contribution in [0.4, 0.5) is 0 Å². The Balaban J connectivity index is 1.39. The van der Waals surface area contributed by atoms with E-state index >= 15 is 0 Å². The first kappa shape index (κ1) is 23.6. The zero-order valence-corrected chi connectivity index (χ0v) is 21.7. The highest BCUT2D eigenvalue weighted by Crippen LogP contribution is 2.40. The highest BCUT2D eigenvalue weighted by atomic mass is 32.2. The molecule has 0 saturated carbocycles. The van der Waals surface area contributed by atoms with Crippen LogP contribution in [0.3, 0.4) is 0 Å². The molecule has 2 aromatic carbocycles. The summed E-state index contributed by atoms with van der Waals surface area (Å²) in [5.74, 6) is 0.0629. The minimum atomic E-state index is -3.57. The van der Waals surface area contributed by atoms with E-state index in [1.165, 1.54) is 17.5 Å². The first-order chi connectivity index (χ1) is 16.9. The van der Waals surface area contributed by atoms with Gasteiger partial charge >= 0.3 is 0 Å². The largest absolute Gasteiger partial charge is 0.383 e. The average molecular weight is 537 g/mol. The van der Waals surface area contributed by atoms with Gasteiger partial charge in [0.2, 0.25) is 9.84 Å². The number of nitrogens with zero attached hydrogens (tertiary/aromatic N) is 1. The Hall–Kier alpha value is -3.18. The molecular weight excluding hydrogens is 517 g/mol. The van der Waals surface area contributed by atoms with E-state index < -0.39 is 9.84 Å². The summed E-state index contributed by atoms with van der Waals surface area (Å²) in [6, 6.07) is 19.8. The van der Waals surface area contributed by atoms with Gasteiger partial charge in [-0.25, -0.2) is 13.4 Å². The van der Waals surface area contributed by atoms with E-state index in [-0.39, 0.29) is 15.6 Å². The molecule has 0 radical (unpaired) electrons. The van der Waals surface area contributed by atoms with Gasteiger partial charge in [0.15, 0.2) is 0 Å². The van der Waals surface area contributed by atoms with Crippen molar-refractivity contribution in [2.24, 2.45) is 5.73 Å². The van der Waals surface area contributed by atoms with Crippen LogP contribution in [0.1, 0.15) is 4.88 Å². The number of benzene rings is 2. The van der Waals surface area contributed by atoms with Gasteiger partial charge in [0.1, 0.15) is 10.8 Å². The molecule has 0 aliphatic rings. The van der Waals surface area contributed by atoms with Gasteiger partial charge in [0.25, 0.3) is 0 Å². The van der Waals surface area contributed by atoms with Gasteiger partial charge < -0.3 is 10.7 Å². The molecule has 0 amide bonds. The highest BCUT2D eigenvalue weighted by molar-refractivity contribution is 8.00. The fourth-order valence-electron chi connectivity index (χ4n) is 3.59. The summed E-state index contributed by atoms with van der Waals surface area (Å²) < 4.78 is 26.8. The second-order valence-corrected chi connectivity index (χ2v) is 12.5. The molecule has 0 aliphatic carbocycles. The number of sulfone groups is 1. The van der Waals surface area contributed by atoms with Crippen molar-refractivity contribution < 1.29 is 8.42 Å². The van der Waals surface area contributed by atoms with Gasteiger partial charge in [-0.1, -0.05) is 42.5 Å². The number of nitrogens with one attached hydrogen (secondary N) is 2. The zero-order chi connectivity index (χ0) is 24.6. The summed E-state index contributed by atoms with van der Waals surface area (Å²) in [7, 11) is -3.57. The fraction of sp³-hybridized carbons (Fsp3) is 0.0400. The second kappa shape index (κ2) is 9.46. The number of aromatic amines is 1.